The summed E-state index contributed by atoms with van der Waals surface area (Å²) in [4.78, 5) is 13.0. The van der Waals surface area contributed by atoms with Gasteiger partial charge in [0.1, 0.15) is 0 Å². The van der Waals surface area contributed by atoms with E-state index in [-0.39, 0.29) is 10.8 Å². The van der Waals surface area contributed by atoms with Crippen molar-refractivity contribution in [3.8, 4) is 0 Å². The van der Waals surface area contributed by atoms with Crippen LogP contribution >= 0.6 is 39.5 Å². The lowest BCUT2D eigenvalue weighted by Crippen LogP contribution is -2.14. The smallest absolute Gasteiger partial charge is 0.205 e. The van der Waals surface area contributed by atoms with Crippen LogP contribution in [0, 0.1) is 0 Å². The molecule has 0 aliphatic heterocycles. The maximum absolute atomic E-state index is 12.0. The molecule has 0 saturated heterocycles. The molecule has 0 unspecified atom stereocenters. The number of nitrogens with zero attached hydrogens (tertiary/aromatic N) is 1. The minimum Gasteiger partial charge on any atom is -0.288 e. The number of ketones is 1. The first kappa shape index (κ1) is 14.6. The highest BCUT2D eigenvalue weighted by Gasteiger charge is 2.22. The fourth-order valence-electron chi connectivity index (χ4n) is 1.97. The van der Waals surface area contributed by atoms with Crippen LogP contribution in [0.15, 0.2) is 73.4 Å². The molecule has 0 fully saturated rings. The second-order valence-electron chi connectivity index (χ2n) is 4.39. The molecule has 0 heterocycles. The Bertz CT molecular complexity index is 768. The lowest BCUT2D eigenvalue weighted by molar-refractivity contribution is 0.104. The third-order valence-electron chi connectivity index (χ3n) is 2.99. The van der Waals surface area contributed by atoms with Gasteiger partial charge in [-0.15, -0.1) is 0 Å². The Morgan fingerprint density at radius 3 is 2.38 bits per heavy atom. The predicted octanol–water partition coefficient (Wildman–Crippen LogP) is 5.26. The van der Waals surface area contributed by atoms with Gasteiger partial charge in [-0.25, -0.2) is 4.40 Å². The Morgan fingerprint density at radius 1 is 1.00 bits per heavy atom. The van der Waals surface area contributed by atoms with Gasteiger partial charge in [-0.2, -0.15) is 0 Å². The number of carbonyl (C=O) groups is 1. The quantitative estimate of drug-likeness (QED) is 0.667. The lowest BCUT2D eigenvalue weighted by Gasteiger charge is -2.13. The molecule has 0 radical (unpaired) electrons. The predicted molar refractivity (Wildman–Crippen MR) is 91.2 cm³/mol. The van der Waals surface area contributed by atoms with E-state index in [9.17, 15) is 4.79 Å². The molecule has 2 nitrogen and oxygen atoms in total. The molecule has 0 saturated carbocycles. The van der Waals surface area contributed by atoms with Crippen LogP contribution in [0.1, 0.15) is 15.9 Å². The van der Waals surface area contributed by atoms with E-state index in [0.717, 1.165) is 14.9 Å². The highest BCUT2D eigenvalue weighted by atomic mass is 79.9. The van der Waals surface area contributed by atoms with E-state index in [1.807, 2.05) is 42.5 Å². The lowest BCUT2D eigenvalue weighted by atomic mass is 9.94. The van der Waals surface area contributed by atoms with Crippen LogP contribution in [0.3, 0.4) is 0 Å². The first-order valence-electron chi connectivity index (χ1n) is 6.17. The molecule has 0 aromatic heterocycles. The Balaban J connectivity index is 1.95. The van der Waals surface area contributed by atoms with E-state index in [0.29, 0.717) is 11.3 Å². The van der Waals surface area contributed by atoms with Gasteiger partial charge in [-0.3, -0.25) is 4.79 Å². The molecular formula is C16H9BrClNOS. The van der Waals surface area contributed by atoms with Crippen molar-refractivity contribution in [2.75, 3.05) is 0 Å². The van der Waals surface area contributed by atoms with E-state index in [4.69, 9.17) is 11.6 Å². The standard InChI is InChI=1S/C16H9BrClNOS/c17-10-5-7-11(8-6-10)21-19-15-9-14(18)16(20)13-4-2-1-3-12(13)15/h1-9H/b19-15+. The van der Waals surface area contributed by atoms with Crippen LogP contribution in [0.2, 0.25) is 0 Å². The molecule has 0 bridgehead atoms. The van der Waals surface area contributed by atoms with Gasteiger partial charge in [0.15, 0.2) is 0 Å². The number of hydrogen-bond donors (Lipinski definition) is 0. The molecule has 1 aliphatic carbocycles. The average Bonchev–Trinajstić information content (AvgIpc) is 2.51. The minimum atomic E-state index is -0.153. The zero-order valence-corrected chi connectivity index (χ0v) is 13.9. The molecule has 3 rings (SSSR count). The summed E-state index contributed by atoms with van der Waals surface area (Å²) in [5, 5.41) is 0.198. The van der Waals surface area contributed by atoms with Gasteiger partial charge in [0.05, 0.1) is 10.7 Å². The van der Waals surface area contributed by atoms with Gasteiger partial charge in [-0.1, -0.05) is 51.8 Å². The summed E-state index contributed by atoms with van der Waals surface area (Å²) < 4.78 is 5.54. The fourth-order valence-corrected chi connectivity index (χ4v) is 3.05. The maximum Gasteiger partial charge on any atom is 0.205 e. The monoisotopic (exact) mass is 377 g/mol. The second-order valence-corrected chi connectivity index (χ2v) is 6.55. The van der Waals surface area contributed by atoms with Crippen LogP contribution in [0.25, 0.3) is 0 Å². The number of rotatable bonds is 2. The first-order valence-corrected chi connectivity index (χ1v) is 8.11. The van der Waals surface area contributed by atoms with Crippen LogP contribution < -0.4 is 0 Å². The van der Waals surface area contributed by atoms with Crippen LogP contribution in [-0.4, -0.2) is 11.5 Å². The number of fused-ring (bicyclic) bond motifs is 1. The summed E-state index contributed by atoms with van der Waals surface area (Å²) in [6.45, 7) is 0. The van der Waals surface area contributed by atoms with E-state index >= 15 is 0 Å². The molecule has 2 aromatic rings. The van der Waals surface area contributed by atoms with Gasteiger partial charge in [0.2, 0.25) is 5.78 Å². The normalized spacial score (nSPS) is 15.8. The summed E-state index contributed by atoms with van der Waals surface area (Å²) in [6.07, 6.45) is 1.62. The highest BCUT2D eigenvalue weighted by molar-refractivity contribution is 9.10. The second kappa shape index (κ2) is 6.18. The topological polar surface area (TPSA) is 29.4 Å². The number of halogens is 2. The summed E-state index contributed by atoms with van der Waals surface area (Å²) in [6, 6.07) is 15.2. The van der Waals surface area contributed by atoms with Gasteiger partial charge in [0.25, 0.3) is 0 Å². The van der Waals surface area contributed by atoms with E-state index < -0.39 is 0 Å². The number of Topliss-reactive ketones (excluding diaryl/α,β-unsaturated/α-hetero) is 1. The van der Waals surface area contributed by atoms with Gasteiger partial charge in [-0.05, 0) is 30.3 Å². The van der Waals surface area contributed by atoms with Gasteiger partial charge < -0.3 is 0 Å². The van der Waals surface area contributed by atoms with Crippen molar-refractivity contribution in [1.29, 1.82) is 0 Å². The van der Waals surface area contributed by atoms with Crippen molar-refractivity contribution in [2.45, 2.75) is 4.90 Å². The number of carbonyl (C=O) groups excluding carboxylic acids is 1. The summed E-state index contributed by atoms with van der Waals surface area (Å²) in [5.41, 5.74) is 2.12. The average molecular weight is 379 g/mol. The molecule has 5 heteroatoms. The van der Waals surface area contributed by atoms with Gasteiger partial charge in [0, 0.05) is 32.4 Å². The first-order chi connectivity index (χ1) is 10.1. The Hall–Kier alpha value is -1.36. The molecule has 1 aliphatic rings. The molecule has 104 valence electrons. The van der Waals surface area contributed by atoms with E-state index in [2.05, 4.69) is 20.3 Å². The minimum absolute atomic E-state index is 0.153. The van der Waals surface area contributed by atoms with Crippen molar-refractivity contribution >= 4 is 51.0 Å². The van der Waals surface area contributed by atoms with Crippen LogP contribution in [0.5, 0.6) is 0 Å². The zero-order chi connectivity index (χ0) is 14.8. The van der Waals surface area contributed by atoms with Crippen molar-refractivity contribution in [2.24, 2.45) is 4.40 Å². The summed E-state index contributed by atoms with van der Waals surface area (Å²) in [5.74, 6) is -0.153. The number of benzene rings is 2. The van der Waals surface area contributed by atoms with Crippen molar-refractivity contribution in [1.82, 2.24) is 0 Å². The van der Waals surface area contributed by atoms with Crippen LogP contribution in [-0.2, 0) is 0 Å². The summed E-state index contributed by atoms with van der Waals surface area (Å²) >= 11 is 10.8. The molecule has 0 spiro atoms. The van der Waals surface area contributed by atoms with Gasteiger partial charge >= 0.3 is 0 Å². The Kier molecular flexibility index (Phi) is 4.29. The highest BCUT2D eigenvalue weighted by Crippen LogP contribution is 2.27. The van der Waals surface area contributed by atoms with Crippen molar-refractivity contribution < 1.29 is 4.79 Å². The molecule has 0 amide bonds. The Labute approximate surface area is 140 Å². The van der Waals surface area contributed by atoms with Crippen molar-refractivity contribution in [3.05, 3.63) is 75.2 Å². The van der Waals surface area contributed by atoms with Crippen LogP contribution in [0.4, 0.5) is 0 Å². The fraction of sp³-hybridized carbons (Fsp3) is 0. The number of allylic oxidation sites excluding steroid dienone is 2. The van der Waals surface area contributed by atoms with E-state index in [1.54, 1.807) is 12.1 Å². The summed E-state index contributed by atoms with van der Waals surface area (Å²) in [7, 11) is 0. The molecule has 2 aromatic carbocycles. The molecule has 0 N–H and O–H groups in total. The largest absolute Gasteiger partial charge is 0.288 e. The Morgan fingerprint density at radius 2 is 1.67 bits per heavy atom. The third-order valence-corrected chi connectivity index (χ3v) is 4.57. The third kappa shape index (κ3) is 3.12. The maximum atomic E-state index is 12.0. The zero-order valence-electron chi connectivity index (χ0n) is 10.7. The number of hydrogen-bond acceptors (Lipinski definition) is 3. The van der Waals surface area contributed by atoms with E-state index in [1.165, 1.54) is 11.9 Å². The van der Waals surface area contributed by atoms with Crippen molar-refractivity contribution in [3.63, 3.8) is 0 Å². The molecule has 0 atom stereocenters. The molecule has 21 heavy (non-hydrogen) atoms. The molecular weight excluding hydrogens is 370 g/mol. The SMILES string of the molecule is O=C1C(Cl)=C/C(=N\Sc2ccc(Br)cc2)c2ccccc21.